The summed E-state index contributed by atoms with van der Waals surface area (Å²) >= 11 is 0. The van der Waals surface area contributed by atoms with Crippen LogP contribution in [0.5, 0.6) is 0 Å². The Morgan fingerprint density at radius 3 is 2.56 bits per heavy atom. The van der Waals surface area contributed by atoms with Gasteiger partial charge in [0.25, 0.3) is 0 Å². The van der Waals surface area contributed by atoms with Crippen molar-refractivity contribution in [2.45, 2.75) is 63.5 Å². The molecule has 5 aliphatic rings. The fourth-order valence-electron chi connectivity index (χ4n) is 6.08. The van der Waals surface area contributed by atoms with Gasteiger partial charge in [0.05, 0.1) is 11.6 Å². The maximum Gasteiger partial charge on any atom is 0.230 e. The summed E-state index contributed by atoms with van der Waals surface area (Å²) in [5.41, 5.74) is 2.10. The molecule has 27 heavy (non-hydrogen) atoms. The third-order valence-corrected chi connectivity index (χ3v) is 7.26. The molecule has 6 rings (SSSR count). The monoisotopic (exact) mass is 366 g/mol. The second-order valence-corrected chi connectivity index (χ2v) is 8.93. The second-order valence-electron chi connectivity index (χ2n) is 8.93. The zero-order chi connectivity index (χ0) is 18.8. The van der Waals surface area contributed by atoms with E-state index in [-0.39, 0.29) is 35.2 Å². The molecule has 2 saturated heterocycles. The first-order valence-electron chi connectivity index (χ1n) is 10.2. The first-order valence-corrected chi connectivity index (χ1v) is 10.2. The Morgan fingerprint density at radius 1 is 1.11 bits per heavy atom. The van der Waals surface area contributed by atoms with Crippen LogP contribution in [0.3, 0.4) is 0 Å². The zero-order valence-corrected chi connectivity index (χ0v) is 15.8. The molecule has 1 unspecified atom stereocenters. The number of nitrogens with zero attached hydrogens (tertiary/aromatic N) is 2. The summed E-state index contributed by atoms with van der Waals surface area (Å²) < 4.78 is 0. The molecule has 0 N–H and O–H groups in total. The molecule has 5 heteroatoms. The standard InChI is InChI=1S/C22H26N2O3/c1-14-4-2-5-15(10-14)18-6-3-9-23(18)21(27)17-13-22(11-16(17)12-22)24-19(25)7-8-20(24)26/h2,4-5,10,16-18H,3,6-9,11-13H2,1H3/t16?,17-,18?,22?/m0/s1. The number of benzene rings is 1. The van der Waals surface area contributed by atoms with E-state index in [0.717, 1.165) is 32.2 Å². The lowest BCUT2D eigenvalue weighted by Crippen LogP contribution is -2.54. The normalized spacial score (nSPS) is 35.1. The third kappa shape index (κ3) is 2.47. The van der Waals surface area contributed by atoms with Gasteiger partial charge in [0.1, 0.15) is 0 Å². The van der Waals surface area contributed by atoms with Crippen LogP contribution in [-0.4, -0.2) is 39.6 Å². The predicted molar refractivity (Wildman–Crippen MR) is 99.5 cm³/mol. The number of hydrogen-bond acceptors (Lipinski definition) is 3. The summed E-state index contributed by atoms with van der Waals surface area (Å²) in [4.78, 5) is 41.4. The lowest BCUT2D eigenvalue weighted by atomic mass is 9.75. The van der Waals surface area contributed by atoms with Gasteiger partial charge in [-0.25, -0.2) is 0 Å². The average Bonchev–Trinajstić information content (AvgIpc) is 3.36. The number of fused-ring (bicyclic) bond motifs is 1. The van der Waals surface area contributed by atoms with Gasteiger partial charge in [0.15, 0.2) is 0 Å². The summed E-state index contributed by atoms with van der Waals surface area (Å²) in [5, 5.41) is 0. The topological polar surface area (TPSA) is 57.7 Å². The van der Waals surface area contributed by atoms with Crippen LogP contribution >= 0.6 is 0 Å². The van der Waals surface area contributed by atoms with E-state index in [2.05, 4.69) is 36.1 Å². The lowest BCUT2D eigenvalue weighted by Gasteiger charge is -2.44. The van der Waals surface area contributed by atoms with E-state index in [9.17, 15) is 14.4 Å². The average molecular weight is 366 g/mol. The first-order chi connectivity index (χ1) is 13.0. The fraction of sp³-hybridized carbons (Fsp3) is 0.591. The van der Waals surface area contributed by atoms with Crippen molar-refractivity contribution in [1.82, 2.24) is 9.80 Å². The molecule has 3 saturated carbocycles. The summed E-state index contributed by atoms with van der Waals surface area (Å²) in [6.07, 6.45) is 5.05. The molecule has 0 spiro atoms. The Labute approximate surface area is 159 Å². The van der Waals surface area contributed by atoms with Crippen molar-refractivity contribution >= 4 is 17.7 Å². The molecule has 3 aliphatic carbocycles. The van der Waals surface area contributed by atoms with Crippen molar-refractivity contribution in [2.24, 2.45) is 11.8 Å². The predicted octanol–water partition coefficient (Wildman–Crippen LogP) is 2.98. The van der Waals surface area contributed by atoms with Crippen LogP contribution in [0, 0.1) is 18.8 Å². The van der Waals surface area contributed by atoms with Crippen LogP contribution in [0.1, 0.15) is 62.1 Å². The van der Waals surface area contributed by atoms with Crippen molar-refractivity contribution in [3.63, 3.8) is 0 Å². The molecular weight excluding hydrogens is 340 g/mol. The number of amides is 3. The summed E-state index contributed by atoms with van der Waals surface area (Å²) in [7, 11) is 0. The maximum absolute atomic E-state index is 13.4. The number of aryl methyl sites for hydroxylation is 1. The van der Waals surface area contributed by atoms with Crippen LogP contribution < -0.4 is 0 Å². The molecule has 0 radical (unpaired) electrons. The minimum absolute atomic E-state index is 0.0309. The third-order valence-electron chi connectivity index (χ3n) is 7.26. The van der Waals surface area contributed by atoms with Crippen molar-refractivity contribution < 1.29 is 14.4 Å². The molecule has 3 amide bonds. The van der Waals surface area contributed by atoms with Gasteiger partial charge in [0, 0.05) is 25.3 Å². The molecule has 2 heterocycles. The highest BCUT2D eigenvalue weighted by Gasteiger charge is 2.64. The molecule has 5 nitrogen and oxygen atoms in total. The summed E-state index contributed by atoms with van der Waals surface area (Å²) in [5.74, 6) is 0.465. The van der Waals surface area contributed by atoms with E-state index >= 15 is 0 Å². The van der Waals surface area contributed by atoms with Crippen molar-refractivity contribution in [2.75, 3.05) is 6.54 Å². The van der Waals surface area contributed by atoms with E-state index in [1.54, 1.807) is 0 Å². The van der Waals surface area contributed by atoms with Gasteiger partial charge in [-0.3, -0.25) is 19.3 Å². The summed E-state index contributed by atoms with van der Waals surface area (Å²) in [6.45, 7) is 2.90. The Kier molecular flexibility index (Phi) is 3.72. The molecule has 2 aliphatic heterocycles. The number of carbonyl (C=O) groups excluding carboxylic acids is 3. The quantitative estimate of drug-likeness (QED) is 0.773. The Balaban J connectivity index is 1.35. The highest BCUT2D eigenvalue weighted by molar-refractivity contribution is 6.03. The number of imide groups is 1. The van der Waals surface area contributed by atoms with Gasteiger partial charge in [0.2, 0.25) is 17.7 Å². The highest BCUT2D eigenvalue weighted by Crippen LogP contribution is 2.60. The van der Waals surface area contributed by atoms with Crippen LogP contribution in [0.2, 0.25) is 0 Å². The zero-order valence-electron chi connectivity index (χ0n) is 15.8. The molecule has 1 aromatic rings. The van der Waals surface area contributed by atoms with Gasteiger partial charge >= 0.3 is 0 Å². The van der Waals surface area contributed by atoms with E-state index in [4.69, 9.17) is 0 Å². The number of hydrogen-bond donors (Lipinski definition) is 0. The first kappa shape index (κ1) is 17.0. The largest absolute Gasteiger partial charge is 0.335 e. The minimum atomic E-state index is -0.353. The van der Waals surface area contributed by atoms with Gasteiger partial charge in [-0.1, -0.05) is 29.8 Å². The van der Waals surface area contributed by atoms with Crippen LogP contribution in [0.25, 0.3) is 0 Å². The number of rotatable bonds is 3. The van der Waals surface area contributed by atoms with Crippen LogP contribution in [0.4, 0.5) is 0 Å². The molecule has 5 fully saturated rings. The lowest BCUT2D eigenvalue weighted by molar-refractivity contribution is -0.148. The molecule has 2 atom stereocenters. The van der Waals surface area contributed by atoms with Gasteiger partial charge < -0.3 is 4.90 Å². The Morgan fingerprint density at radius 2 is 1.85 bits per heavy atom. The maximum atomic E-state index is 13.4. The van der Waals surface area contributed by atoms with Crippen molar-refractivity contribution in [1.29, 1.82) is 0 Å². The number of carbonyl (C=O) groups is 3. The summed E-state index contributed by atoms with van der Waals surface area (Å²) in [6, 6.07) is 8.64. The Bertz CT molecular complexity index is 811. The Hall–Kier alpha value is -2.17. The highest BCUT2D eigenvalue weighted by atomic mass is 16.2. The smallest absolute Gasteiger partial charge is 0.230 e. The van der Waals surface area contributed by atoms with Gasteiger partial charge in [-0.05, 0) is 50.5 Å². The van der Waals surface area contributed by atoms with Crippen LogP contribution in [0.15, 0.2) is 24.3 Å². The van der Waals surface area contributed by atoms with E-state index < -0.39 is 0 Å². The second kappa shape index (κ2) is 5.91. The SMILES string of the molecule is Cc1cccc(C2CCCN2C(=O)[C@H]2CC3(N4C(=O)CCC4=O)CC2C3)c1. The number of likely N-dealkylation sites (tertiary alicyclic amines) is 2. The van der Waals surface area contributed by atoms with Crippen LogP contribution in [-0.2, 0) is 14.4 Å². The van der Waals surface area contributed by atoms with Crippen molar-refractivity contribution in [3.05, 3.63) is 35.4 Å². The van der Waals surface area contributed by atoms with Gasteiger partial charge in [-0.2, -0.15) is 0 Å². The van der Waals surface area contributed by atoms with E-state index in [1.165, 1.54) is 16.0 Å². The molecule has 1 aromatic carbocycles. The minimum Gasteiger partial charge on any atom is -0.335 e. The van der Waals surface area contributed by atoms with Crippen molar-refractivity contribution in [3.8, 4) is 0 Å². The molecule has 2 bridgehead atoms. The van der Waals surface area contributed by atoms with E-state index in [0.29, 0.717) is 25.2 Å². The molecule has 0 aromatic heterocycles. The molecule has 142 valence electrons. The van der Waals surface area contributed by atoms with E-state index in [1.807, 2.05) is 0 Å². The van der Waals surface area contributed by atoms with Gasteiger partial charge in [-0.15, -0.1) is 0 Å². The molecular formula is C22H26N2O3. The fourth-order valence-corrected chi connectivity index (χ4v) is 6.08.